The molecule has 5 heteroatoms. The molecule has 0 bridgehead atoms. The van der Waals surface area contributed by atoms with E-state index in [0.29, 0.717) is 11.8 Å². The molecular weight excluding hydrogens is 346 g/mol. The molecule has 1 saturated heterocycles. The summed E-state index contributed by atoms with van der Waals surface area (Å²) >= 11 is 0. The van der Waals surface area contributed by atoms with Crippen molar-refractivity contribution < 1.29 is 4.42 Å². The van der Waals surface area contributed by atoms with E-state index >= 15 is 0 Å². The normalized spacial score (nSPS) is 20.1. The second-order valence-electron chi connectivity index (χ2n) is 6.89. The minimum atomic E-state index is 0. The monoisotopic (exact) mass is 369 g/mol. The van der Waals surface area contributed by atoms with Crippen LogP contribution in [0.4, 0.5) is 0 Å². The van der Waals surface area contributed by atoms with Gasteiger partial charge in [-0.25, -0.2) is 4.98 Å². The van der Waals surface area contributed by atoms with E-state index in [1.165, 1.54) is 11.1 Å². The molecule has 4 rings (SSSR count). The van der Waals surface area contributed by atoms with Gasteiger partial charge in [-0.1, -0.05) is 48.0 Å². The maximum absolute atomic E-state index is 6.38. The molecular formula is C21H24ClN3O. The van der Waals surface area contributed by atoms with Crippen molar-refractivity contribution in [3.8, 4) is 11.5 Å². The lowest BCUT2D eigenvalue weighted by atomic mass is 9.95. The molecule has 4 nitrogen and oxygen atoms in total. The Labute approximate surface area is 160 Å². The zero-order chi connectivity index (χ0) is 17.2. The fourth-order valence-corrected chi connectivity index (χ4v) is 3.53. The topological polar surface area (TPSA) is 55.3 Å². The first-order valence-corrected chi connectivity index (χ1v) is 8.73. The van der Waals surface area contributed by atoms with Gasteiger partial charge in [-0.05, 0) is 24.6 Å². The minimum Gasteiger partial charge on any atom is -0.444 e. The number of aromatic nitrogens is 1. The summed E-state index contributed by atoms with van der Waals surface area (Å²) in [6.07, 6.45) is 1.76. The highest BCUT2D eigenvalue weighted by Gasteiger charge is 2.31. The van der Waals surface area contributed by atoms with Gasteiger partial charge in [-0.3, -0.25) is 4.90 Å². The summed E-state index contributed by atoms with van der Waals surface area (Å²) in [5.74, 6) is 1.06. The molecule has 3 aromatic rings. The summed E-state index contributed by atoms with van der Waals surface area (Å²) < 4.78 is 5.67. The van der Waals surface area contributed by atoms with E-state index in [1.807, 2.05) is 18.2 Å². The second-order valence-corrected chi connectivity index (χ2v) is 6.89. The Kier molecular flexibility index (Phi) is 5.77. The number of rotatable bonds is 4. The van der Waals surface area contributed by atoms with Gasteiger partial charge in [-0.2, -0.15) is 0 Å². The van der Waals surface area contributed by atoms with Gasteiger partial charge >= 0.3 is 0 Å². The van der Waals surface area contributed by atoms with E-state index in [-0.39, 0.29) is 18.4 Å². The first kappa shape index (κ1) is 18.6. The Morgan fingerprint density at radius 1 is 1.08 bits per heavy atom. The molecule has 0 radical (unpaired) electrons. The number of hydrogen-bond acceptors (Lipinski definition) is 4. The van der Waals surface area contributed by atoms with Crippen LogP contribution in [0, 0.1) is 6.92 Å². The maximum atomic E-state index is 6.38. The van der Waals surface area contributed by atoms with Gasteiger partial charge in [-0.15, -0.1) is 12.4 Å². The standard InChI is InChI=1S/C21H23N3O.ClH/c1-15-7-9-17(10-8-15)21-23-18(14-25-21)11-24-12-19(20(22)13-24)16-5-3-2-4-6-16;/h2-10,14,19-20H,11-13,22H2,1H3;1H/t19-,20+;/m0./s1. The largest absolute Gasteiger partial charge is 0.444 e. The Bertz CT molecular complexity index is 832. The van der Waals surface area contributed by atoms with E-state index in [2.05, 4.69) is 53.2 Å². The molecule has 1 aliphatic heterocycles. The summed E-state index contributed by atoms with van der Waals surface area (Å²) in [6.45, 7) is 4.68. The lowest BCUT2D eigenvalue weighted by Gasteiger charge is -2.14. The molecule has 2 aromatic carbocycles. The van der Waals surface area contributed by atoms with Crippen LogP contribution in [-0.4, -0.2) is 29.0 Å². The van der Waals surface area contributed by atoms with Gasteiger partial charge in [0, 0.05) is 37.2 Å². The van der Waals surface area contributed by atoms with Crippen LogP contribution < -0.4 is 5.73 Å². The molecule has 26 heavy (non-hydrogen) atoms. The van der Waals surface area contributed by atoms with Gasteiger partial charge in [0.05, 0.1) is 5.69 Å². The third-order valence-corrected chi connectivity index (χ3v) is 4.90. The number of nitrogens with zero attached hydrogens (tertiary/aromatic N) is 2. The van der Waals surface area contributed by atoms with Crippen LogP contribution in [0.2, 0.25) is 0 Å². The van der Waals surface area contributed by atoms with Gasteiger partial charge < -0.3 is 10.2 Å². The van der Waals surface area contributed by atoms with Crippen molar-refractivity contribution in [1.29, 1.82) is 0 Å². The highest BCUT2D eigenvalue weighted by Crippen LogP contribution is 2.28. The Morgan fingerprint density at radius 3 is 2.54 bits per heavy atom. The van der Waals surface area contributed by atoms with Crippen molar-refractivity contribution in [1.82, 2.24) is 9.88 Å². The zero-order valence-corrected chi connectivity index (χ0v) is 15.7. The molecule has 0 aliphatic carbocycles. The van der Waals surface area contributed by atoms with E-state index in [9.17, 15) is 0 Å². The second kappa shape index (κ2) is 8.04. The molecule has 2 atom stereocenters. The van der Waals surface area contributed by atoms with Crippen LogP contribution >= 0.6 is 12.4 Å². The third kappa shape index (κ3) is 3.98. The number of likely N-dealkylation sites (tertiary alicyclic amines) is 1. The highest BCUT2D eigenvalue weighted by atomic mass is 35.5. The number of hydrogen-bond donors (Lipinski definition) is 1. The molecule has 0 unspecified atom stereocenters. The van der Waals surface area contributed by atoms with E-state index < -0.39 is 0 Å². The van der Waals surface area contributed by atoms with Crippen LogP contribution in [-0.2, 0) is 6.54 Å². The summed E-state index contributed by atoms with van der Waals surface area (Å²) in [7, 11) is 0. The van der Waals surface area contributed by atoms with Crippen molar-refractivity contribution in [2.75, 3.05) is 13.1 Å². The SMILES string of the molecule is Cc1ccc(-c2nc(CN3C[C@@H](N)[C@H](c4ccccc4)C3)co2)cc1.Cl. The summed E-state index contributed by atoms with van der Waals surface area (Å²) in [4.78, 5) is 7.01. The third-order valence-electron chi connectivity index (χ3n) is 4.90. The molecule has 1 aromatic heterocycles. The Balaban J connectivity index is 0.00000196. The predicted octanol–water partition coefficient (Wildman–Crippen LogP) is 4.00. The van der Waals surface area contributed by atoms with Crippen molar-refractivity contribution in [3.05, 3.63) is 77.7 Å². The first-order valence-electron chi connectivity index (χ1n) is 8.73. The molecule has 0 saturated carbocycles. The molecule has 2 N–H and O–H groups in total. The molecule has 2 heterocycles. The number of benzene rings is 2. The molecule has 0 spiro atoms. The van der Waals surface area contributed by atoms with Crippen molar-refractivity contribution in [3.63, 3.8) is 0 Å². The summed E-state index contributed by atoms with van der Waals surface area (Å²) in [5, 5.41) is 0. The average Bonchev–Trinajstić information content (AvgIpc) is 3.23. The smallest absolute Gasteiger partial charge is 0.226 e. The highest BCUT2D eigenvalue weighted by molar-refractivity contribution is 5.85. The summed E-state index contributed by atoms with van der Waals surface area (Å²) in [6, 6.07) is 18.9. The van der Waals surface area contributed by atoms with Gasteiger partial charge in [0.1, 0.15) is 6.26 Å². The van der Waals surface area contributed by atoms with Gasteiger partial charge in [0.25, 0.3) is 0 Å². The van der Waals surface area contributed by atoms with Crippen LogP contribution in [0.5, 0.6) is 0 Å². The van der Waals surface area contributed by atoms with E-state index in [4.69, 9.17) is 10.2 Å². The van der Waals surface area contributed by atoms with Crippen LogP contribution in [0.25, 0.3) is 11.5 Å². The molecule has 136 valence electrons. The molecule has 0 amide bonds. The van der Waals surface area contributed by atoms with E-state index in [1.54, 1.807) is 6.26 Å². The average molecular weight is 370 g/mol. The number of nitrogens with two attached hydrogens (primary N) is 1. The maximum Gasteiger partial charge on any atom is 0.226 e. The van der Waals surface area contributed by atoms with Crippen molar-refractivity contribution in [2.45, 2.75) is 25.4 Å². The van der Waals surface area contributed by atoms with E-state index in [0.717, 1.165) is 30.9 Å². The molecule has 1 aliphatic rings. The zero-order valence-electron chi connectivity index (χ0n) is 14.8. The van der Waals surface area contributed by atoms with Crippen LogP contribution in [0.3, 0.4) is 0 Å². The predicted molar refractivity (Wildman–Crippen MR) is 106 cm³/mol. The molecule has 1 fully saturated rings. The first-order chi connectivity index (χ1) is 12.2. The lowest BCUT2D eigenvalue weighted by molar-refractivity contribution is 0.319. The quantitative estimate of drug-likeness (QED) is 0.755. The minimum absolute atomic E-state index is 0. The Hall–Kier alpha value is -2.14. The van der Waals surface area contributed by atoms with Crippen molar-refractivity contribution >= 4 is 12.4 Å². The van der Waals surface area contributed by atoms with Crippen LogP contribution in [0.1, 0.15) is 22.7 Å². The number of halogens is 1. The fraction of sp³-hybridized carbons (Fsp3) is 0.286. The lowest BCUT2D eigenvalue weighted by Crippen LogP contribution is -2.28. The van der Waals surface area contributed by atoms with Crippen LogP contribution in [0.15, 0.2) is 65.3 Å². The fourth-order valence-electron chi connectivity index (χ4n) is 3.53. The van der Waals surface area contributed by atoms with Crippen molar-refractivity contribution in [2.24, 2.45) is 5.73 Å². The number of oxazole rings is 1. The van der Waals surface area contributed by atoms with Gasteiger partial charge in [0.2, 0.25) is 5.89 Å². The Morgan fingerprint density at radius 2 is 1.81 bits per heavy atom. The van der Waals surface area contributed by atoms with Gasteiger partial charge in [0.15, 0.2) is 0 Å². The number of aryl methyl sites for hydroxylation is 1. The summed E-state index contributed by atoms with van der Waals surface area (Å²) in [5.41, 5.74) is 10.9.